The highest BCUT2D eigenvalue weighted by atomic mass is 19.1. The molecular formula is C18H24FN5O. The molecule has 3 rings (SSSR count). The lowest BCUT2D eigenvalue weighted by molar-refractivity contribution is 0.379. The minimum atomic E-state index is -0.215. The van der Waals surface area contributed by atoms with Crippen molar-refractivity contribution in [2.24, 2.45) is 10.7 Å². The van der Waals surface area contributed by atoms with Crippen molar-refractivity contribution in [3.8, 4) is 0 Å². The average molecular weight is 345 g/mol. The number of hydrogen-bond donors (Lipinski definition) is 1. The Kier molecular flexibility index (Phi) is 5.21. The molecule has 134 valence electrons. The van der Waals surface area contributed by atoms with Gasteiger partial charge in [-0.05, 0) is 31.2 Å². The van der Waals surface area contributed by atoms with Gasteiger partial charge in [-0.1, -0.05) is 6.92 Å². The van der Waals surface area contributed by atoms with Gasteiger partial charge in [0.2, 0.25) is 0 Å². The van der Waals surface area contributed by atoms with Crippen LogP contribution in [0.25, 0.3) is 0 Å². The van der Waals surface area contributed by atoms with Gasteiger partial charge in [0.05, 0.1) is 5.69 Å². The number of halogens is 1. The molecule has 7 heteroatoms. The lowest BCUT2D eigenvalue weighted by Crippen LogP contribution is -2.51. The van der Waals surface area contributed by atoms with E-state index in [1.165, 1.54) is 12.1 Å². The number of aliphatic imine (C=N–C) groups is 1. The Bertz CT molecular complexity index is 732. The number of nitrogens with two attached hydrogens (primary N) is 1. The van der Waals surface area contributed by atoms with Crippen LogP contribution in [0.15, 0.2) is 33.7 Å². The molecule has 1 aromatic heterocycles. The summed E-state index contributed by atoms with van der Waals surface area (Å²) in [6, 6.07) is 6.59. The van der Waals surface area contributed by atoms with Crippen molar-refractivity contribution in [2.75, 3.05) is 31.1 Å². The molecule has 25 heavy (non-hydrogen) atoms. The zero-order chi connectivity index (χ0) is 17.8. The van der Waals surface area contributed by atoms with Crippen LogP contribution in [0, 0.1) is 12.7 Å². The first kappa shape index (κ1) is 17.3. The molecule has 0 amide bonds. The molecule has 6 nitrogen and oxygen atoms in total. The second kappa shape index (κ2) is 7.55. The molecule has 1 aromatic carbocycles. The van der Waals surface area contributed by atoms with Crippen molar-refractivity contribution in [2.45, 2.75) is 26.8 Å². The lowest BCUT2D eigenvalue weighted by atomic mass is 10.2. The van der Waals surface area contributed by atoms with Crippen LogP contribution in [0.2, 0.25) is 0 Å². The van der Waals surface area contributed by atoms with Crippen LogP contribution in [0.4, 0.5) is 10.1 Å². The molecule has 0 spiro atoms. The van der Waals surface area contributed by atoms with Crippen molar-refractivity contribution >= 4 is 11.6 Å². The van der Waals surface area contributed by atoms with E-state index in [4.69, 9.17) is 10.2 Å². The van der Waals surface area contributed by atoms with E-state index in [1.54, 1.807) is 12.1 Å². The van der Waals surface area contributed by atoms with Gasteiger partial charge in [-0.2, -0.15) is 0 Å². The number of oxazole rings is 1. The molecule has 1 aliphatic heterocycles. The first-order chi connectivity index (χ1) is 12.1. The van der Waals surface area contributed by atoms with E-state index < -0.39 is 0 Å². The molecule has 0 saturated carbocycles. The number of rotatable bonds is 4. The van der Waals surface area contributed by atoms with Crippen LogP contribution >= 0.6 is 0 Å². The second-order valence-electron chi connectivity index (χ2n) is 6.09. The average Bonchev–Trinajstić information content (AvgIpc) is 3.00. The molecule has 0 unspecified atom stereocenters. The largest absolute Gasteiger partial charge is 0.443 e. The Balaban J connectivity index is 1.56. The maximum atomic E-state index is 13.0. The number of aryl methyl sites for hydroxylation is 2. The van der Waals surface area contributed by atoms with Gasteiger partial charge in [-0.25, -0.2) is 14.4 Å². The fraction of sp³-hybridized carbons (Fsp3) is 0.444. The minimum Gasteiger partial charge on any atom is -0.443 e. The zero-order valence-corrected chi connectivity index (χ0v) is 14.7. The predicted molar refractivity (Wildman–Crippen MR) is 96.1 cm³/mol. The normalized spacial score (nSPS) is 15.7. The summed E-state index contributed by atoms with van der Waals surface area (Å²) in [4.78, 5) is 13.1. The second-order valence-corrected chi connectivity index (χ2v) is 6.09. The van der Waals surface area contributed by atoms with Crippen LogP contribution in [0.1, 0.15) is 24.3 Å². The highest BCUT2D eigenvalue weighted by molar-refractivity contribution is 5.78. The Hall–Kier alpha value is -2.57. The van der Waals surface area contributed by atoms with Crippen molar-refractivity contribution < 1.29 is 8.81 Å². The van der Waals surface area contributed by atoms with Gasteiger partial charge in [0.1, 0.15) is 18.1 Å². The van der Waals surface area contributed by atoms with Crippen LogP contribution in [-0.4, -0.2) is 42.0 Å². The molecule has 0 bridgehead atoms. The molecular weight excluding hydrogens is 321 g/mol. The maximum absolute atomic E-state index is 13.0. The number of benzene rings is 1. The van der Waals surface area contributed by atoms with Gasteiger partial charge in [-0.3, -0.25) is 0 Å². The lowest BCUT2D eigenvalue weighted by Gasteiger charge is -2.36. The summed E-state index contributed by atoms with van der Waals surface area (Å²) in [5, 5.41) is 0. The van der Waals surface area contributed by atoms with Crippen LogP contribution in [-0.2, 0) is 13.0 Å². The SMILES string of the molecule is CCc1nc(C)c(CN=C(N)N2CCN(c3ccc(F)cc3)CC2)o1. The standard InChI is InChI=1S/C18H24FN5O/c1-3-17-22-13(2)16(25-17)12-21-18(20)24-10-8-23(9-11-24)15-6-4-14(19)5-7-15/h4-7H,3,8-12H2,1-2H3,(H2,20,21). The van der Waals surface area contributed by atoms with Gasteiger partial charge >= 0.3 is 0 Å². The Morgan fingerprint density at radius 3 is 2.52 bits per heavy atom. The van der Waals surface area contributed by atoms with Gasteiger partial charge in [-0.15, -0.1) is 0 Å². The van der Waals surface area contributed by atoms with Gasteiger partial charge in [0.25, 0.3) is 0 Å². The number of aromatic nitrogens is 1. The summed E-state index contributed by atoms with van der Waals surface area (Å²) in [5.41, 5.74) is 8.03. The van der Waals surface area contributed by atoms with E-state index in [2.05, 4.69) is 19.8 Å². The topological polar surface area (TPSA) is 70.9 Å². The van der Waals surface area contributed by atoms with Gasteiger partial charge in [0, 0.05) is 38.3 Å². The summed E-state index contributed by atoms with van der Waals surface area (Å²) in [5.74, 6) is 1.80. The third-order valence-electron chi connectivity index (χ3n) is 4.42. The number of hydrogen-bond acceptors (Lipinski definition) is 4. The molecule has 2 N–H and O–H groups in total. The van der Waals surface area contributed by atoms with Crippen LogP contribution < -0.4 is 10.6 Å². The van der Waals surface area contributed by atoms with E-state index in [0.29, 0.717) is 12.5 Å². The van der Waals surface area contributed by atoms with E-state index in [1.807, 2.05) is 13.8 Å². The van der Waals surface area contributed by atoms with Gasteiger partial charge in [0.15, 0.2) is 11.9 Å². The quantitative estimate of drug-likeness (QED) is 0.680. The van der Waals surface area contributed by atoms with Crippen molar-refractivity contribution in [3.05, 3.63) is 47.4 Å². The highest BCUT2D eigenvalue weighted by Crippen LogP contribution is 2.17. The van der Waals surface area contributed by atoms with E-state index in [-0.39, 0.29) is 5.82 Å². The van der Waals surface area contributed by atoms with Crippen molar-refractivity contribution in [3.63, 3.8) is 0 Å². The summed E-state index contributed by atoms with van der Waals surface area (Å²) in [7, 11) is 0. The molecule has 0 aliphatic carbocycles. The number of nitrogens with zero attached hydrogens (tertiary/aromatic N) is 4. The molecule has 2 heterocycles. The Labute approximate surface area is 147 Å². The highest BCUT2D eigenvalue weighted by Gasteiger charge is 2.19. The van der Waals surface area contributed by atoms with E-state index >= 15 is 0 Å². The molecule has 2 aromatic rings. The van der Waals surface area contributed by atoms with Gasteiger partial charge < -0.3 is 20.0 Å². The fourth-order valence-electron chi connectivity index (χ4n) is 2.88. The summed E-state index contributed by atoms with van der Waals surface area (Å²) in [6.07, 6.45) is 0.769. The molecule has 0 atom stereocenters. The molecule has 1 aliphatic rings. The molecule has 1 saturated heterocycles. The Morgan fingerprint density at radius 2 is 1.92 bits per heavy atom. The first-order valence-corrected chi connectivity index (χ1v) is 8.57. The minimum absolute atomic E-state index is 0.215. The molecule has 0 radical (unpaired) electrons. The van der Waals surface area contributed by atoms with E-state index in [0.717, 1.165) is 55.6 Å². The monoisotopic (exact) mass is 345 g/mol. The third kappa shape index (κ3) is 4.10. The number of piperazine rings is 1. The smallest absolute Gasteiger partial charge is 0.194 e. The van der Waals surface area contributed by atoms with E-state index in [9.17, 15) is 4.39 Å². The first-order valence-electron chi connectivity index (χ1n) is 8.57. The number of anilines is 1. The summed E-state index contributed by atoms with van der Waals surface area (Å²) < 4.78 is 18.7. The zero-order valence-electron chi connectivity index (χ0n) is 14.7. The maximum Gasteiger partial charge on any atom is 0.194 e. The van der Waals surface area contributed by atoms with Crippen LogP contribution in [0.3, 0.4) is 0 Å². The predicted octanol–water partition coefficient (Wildman–Crippen LogP) is 2.32. The summed E-state index contributed by atoms with van der Waals surface area (Å²) >= 11 is 0. The van der Waals surface area contributed by atoms with Crippen molar-refractivity contribution in [1.29, 1.82) is 0 Å². The fourth-order valence-corrected chi connectivity index (χ4v) is 2.88. The Morgan fingerprint density at radius 1 is 1.24 bits per heavy atom. The van der Waals surface area contributed by atoms with Crippen LogP contribution in [0.5, 0.6) is 0 Å². The summed E-state index contributed by atoms with van der Waals surface area (Å²) in [6.45, 7) is 7.54. The molecule has 1 fully saturated rings. The van der Waals surface area contributed by atoms with Crippen molar-refractivity contribution in [1.82, 2.24) is 9.88 Å². The third-order valence-corrected chi connectivity index (χ3v) is 4.42. The number of guanidine groups is 1.